The number of anilines is 2. The fourth-order valence-electron chi connectivity index (χ4n) is 3.46. The van der Waals surface area contributed by atoms with Crippen molar-refractivity contribution in [2.45, 2.75) is 44.9 Å². The van der Waals surface area contributed by atoms with Gasteiger partial charge in [0.05, 0.1) is 11.4 Å². The van der Waals surface area contributed by atoms with Crippen molar-refractivity contribution < 1.29 is 4.79 Å². The van der Waals surface area contributed by atoms with Crippen LogP contribution in [0.2, 0.25) is 0 Å². The van der Waals surface area contributed by atoms with Crippen LogP contribution in [0.3, 0.4) is 0 Å². The lowest BCUT2D eigenvalue weighted by Gasteiger charge is -2.23. The Balaban J connectivity index is 1.67. The third-order valence-corrected chi connectivity index (χ3v) is 4.61. The summed E-state index contributed by atoms with van der Waals surface area (Å²) in [6, 6.07) is 8.17. The van der Waals surface area contributed by atoms with Gasteiger partial charge in [-0.1, -0.05) is 37.8 Å². The van der Waals surface area contributed by atoms with E-state index in [4.69, 9.17) is 0 Å². The molecule has 0 spiro atoms. The number of benzene rings is 1. The summed E-state index contributed by atoms with van der Waals surface area (Å²) in [7, 11) is 0. The number of rotatable bonds is 3. The minimum Gasteiger partial charge on any atom is -0.383 e. The smallest absolute Gasteiger partial charge is 0.227 e. The van der Waals surface area contributed by atoms with E-state index < -0.39 is 0 Å². The second-order valence-electron chi connectivity index (χ2n) is 6.03. The summed E-state index contributed by atoms with van der Waals surface area (Å²) < 4.78 is 0. The Morgan fingerprint density at radius 1 is 1.20 bits per heavy atom. The number of nitrogens with zero attached hydrogens (tertiary/aromatic N) is 1. The molecule has 1 heterocycles. The molecule has 3 heteroatoms. The summed E-state index contributed by atoms with van der Waals surface area (Å²) in [5, 5.41) is 3.41. The summed E-state index contributed by atoms with van der Waals surface area (Å²) in [5.41, 5.74) is 2.15. The molecule has 1 aromatic carbocycles. The van der Waals surface area contributed by atoms with Crippen molar-refractivity contribution >= 4 is 17.3 Å². The average molecular weight is 272 g/mol. The van der Waals surface area contributed by atoms with Gasteiger partial charge in [-0.25, -0.2) is 0 Å². The van der Waals surface area contributed by atoms with Gasteiger partial charge in [0.1, 0.15) is 0 Å². The summed E-state index contributed by atoms with van der Waals surface area (Å²) in [6.45, 7) is 1.79. The van der Waals surface area contributed by atoms with Crippen molar-refractivity contribution in [2.24, 2.45) is 5.92 Å². The van der Waals surface area contributed by atoms with E-state index in [1.54, 1.807) is 0 Å². The fourth-order valence-corrected chi connectivity index (χ4v) is 3.46. The summed E-state index contributed by atoms with van der Waals surface area (Å²) >= 11 is 0. The van der Waals surface area contributed by atoms with Crippen molar-refractivity contribution in [1.82, 2.24) is 0 Å². The number of nitrogens with one attached hydrogen (secondary N) is 1. The van der Waals surface area contributed by atoms with Crippen LogP contribution in [0.1, 0.15) is 44.9 Å². The Labute approximate surface area is 121 Å². The molecule has 20 heavy (non-hydrogen) atoms. The first-order chi connectivity index (χ1) is 9.84. The molecular formula is C17H24N2O. The van der Waals surface area contributed by atoms with Crippen LogP contribution < -0.4 is 10.2 Å². The van der Waals surface area contributed by atoms with Crippen molar-refractivity contribution in [3.63, 3.8) is 0 Å². The average Bonchev–Trinajstić information content (AvgIpc) is 2.90. The van der Waals surface area contributed by atoms with Gasteiger partial charge in [-0.15, -0.1) is 0 Å². The van der Waals surface area contributed by atoms with E-state index in [0.29, 0.717) is 12.3 Å². The lowest BCUT2D eigenvalue weighted by molar-refractivity contribution is -0.118. The molecule has 0 saturated heterocycles. The summed E-state index contributed by atoms with van der Waals surface area (Å²) in [4.78, 5) is 14.6. The molecule has 0 bridgehead atoms. The molecule has 1 aliphatic carbocycles. The van der Waals surface area contributed by atoms with E-state index in [2.05, 4.69) is 17.4 Å². The molecular weight excluding hydrogens is 248 g/mol. The van der Waals surface area contributed by atoms with Crippen molar-refractivity contribution in [3.8, 4) is 0 Å². The topological polar surface area (TPSA) is 32.3 Å². The first kappa shape index (κ1) is 13.5. The zero-order valence-electron chi connectivity index (χ0n) is 12.1. The van der Waals surface area contributed by atoms with Crippen molar-refractivity contribution in [3.05, 3.63) is 24.3 Å². The van der Waals surface area contributed by atoms with E-state index in [1.807, 2.05) is 17.0 Å². The van der Waals surface area contributed by atoms with Gasteiger partial charge >= 0.3 is 0 Å². The SMILES string of the molecule is O=C(CCC1CCCC1)N1CCCNc2ccccc21. The predicted octanol–water partition coefficient (Wildman–Crippen LogP) is 3.81. The van der Waals surface area contributed by atoms with E-state index in [1.165, 1.54) is 25.7 Å². The summed E-state index contributed by atoms with van der Waals surface area (Å²) in [6.07, 6.45) is 8.16. The molecule has 0 unspecified atom stereocenters. The quantitative estimate of drug-likeness (QED) is 0.907. The predicted molar refractivity (Wildman–Crippen MR) is 83.1 cm³/mol. The van der Waals surface area contributed by atoms with Gasteiger partial charge in [-0.05, 0) is 30.9 Å². The zero-order chi connectivity index (χ0) is 13.8. The van der Waals surface area contributed by atoms with Crippen molar-refractivity contribution in [2.75, 3.05) is 23.3 Å². The molecule has 1 fully saturated rings. The minimum absolute atomic E-state index is 0.299. The third-order valence-electron chi connectivity index (χ3n) is 4.61. The van der Waals surface area contributed by atoms with Gasteiger partial charge in [0.2, 0.25) is 5.91 Å². The van der Waals surface area contributed by atoms with Crippen LogP contribution in [0.4, 0.5) is 11.4 Å². The zero-order valence-corrected chi connectivity index (χ0v) is 12.1. The maximum absolute atomic E-state index is 12.6. The van der Waals surface area contributed by atoms with Crippen molar-refractivity contribution in [1.29, 1.82) is 0 Å². The highest BCUT2D eigenvalue weighted by Gasteiger charge is 2.22. The lowest BCUT2D eigenvalue weighted by atomic mass is 10.0. The second kappa shape index (κ2) is 6.29. The van der Waals surface area contributed by atoms with E-state index in [9.17, 15) is 4.79 Å². The maximum Gasteiger partial charge on any atom is 0.227 e. The molecule has 108 valence electrons. The molecule has 1 N–H and O–H groups in total. The largest absolute Gasteiger partial charge is 0.383 e. The Bertz CT molecular complexity index is 466. The highest BCUT2D eigenvalue weighted by Crippen LogP contribution is 2.31. The maximum atomic E-state index is 12.6. The van der Waals surface area contributed by atoms with Gasteiger partial charge in [-0.3, -0.25) is 4.79 Å². The highest BCUT2D eigenvalue weighted by molar-refractivity contribution is 5.96. The first-order valence-electron chi connectivity index (χ1n) is 7.98. The number of carbonyl (C=O) groups excluding carboxylic acids is 1. The molecule has 1 aromatic rings. The Kier molecular flexibility index (Phi) is 4.24. The van der Waals surface area contributed by atoms with Gasteiger partial charge in [0.25, 0.3) is 0 Å². The molecule has 1 saturated carbocycles. The normalized spacial score (nSPS) is 19.3. The lowest BCUT2D eigenvalue weighted by Crippen LogP contribution is -2.31. The highest BCUT2D eigenvalue weighted by atomic mass is 16.2. The molecule has 0 radical (unpaired) electrons. The molecule has 0 aromatic heterocycles. The van der Waals surface area contributed by atoms with E-state index in [-0.39, 0.29) is 0 Å². The van der Waals surface area contributed by atoms with Crippen LogP contribution in [-0.2, 0) is 4.79 Å². The molecule has 1 amide bonds. The van der Waals surface area contributed by atoms with E-state index >= 15 is 0 Å². The summed E-state index contributed by atoms with van der Waals surface area (Å²) in [5.74, 6) is 1.09. The Morgan fingerprint density at radius 2 is 2.00 bits per heavy atom. The van der Waals surface area contributed by atoms with Gasteiger partial charge < -0.3 is 10.2 Å². The van der Waals surface area contributed by atoms with Crippen LogP contribution in [0.5, 0.6) is 0 Å². The number of amides is 1. The number of para-hydroxylation sites is 2. The van der Waals surface area contributed by atoms with Crippen LogP contribution in [-0.4, -0.2) is 19.0 Å². The first-order valence-corrected chi connectivity index (χ1v) is 7.98. The fraction of sp³-hybridized carbons (Fsp3) is 0.588. The monoisotopic (exact) mass is 272 g/mol. The Morgan fingerprint density at radius 3 is 2.85 bits per heavy atom. The van der Waals surface area contributed by atoms with Crippen LogP contribution in [0.25, 0.3) is 0 Å². The number of hydrogen-bond acceptors (Lipinski definition) is 2. The Hall–Kier alpha value is -1.51. The number of hydrogen-bond donors (Lipinski definition) is 1. The number of fused-ring (bicyclic) bond motifs is 1. The molecule has 3 rings (SSSR count). The second-order valence-corrected chi connectivity index (χ2v) is 6.03. The minimum atomic E-state index is 0.299. The van der Waals surface area contributed by atoms with Gasteiger partial charge in [0, 0.05) is 19.5 Å². The molecule has 2 aliphatic rings. The number of carbonyl (C=O) groups is 1. The molecule has 0 atom stereocenters. The van der Waals surface area contributed by atoms with Gasteiger partial charge in [-0.2, -0.15) is 0 Å². The van der Waals surface area contributed by atoms with E-state index in [0.717, 1.165) is 43.2 Å². The molecule has 3 nitrogen and oxygen atoms in total. The van der Waals surface area contributed by atoms with Crippen LogP contribution >= 0.6 is 0 Å². The van der Waals surface area contributed by atoms with Gasteiger partial charge in [0.15, 0.2) is 0 Å². The molecule has 1 aliphatic heterocycles. The van der Waals surface area contributed by atoms with Crippen LogP contribution in [0, 0.1) is 5.92 Å². The standard InChI is InChI=1S/C17H24N2O/c20-17(11-10-14-6-1-2-7-14)19-13-5-12-18-15-8-3-4-9-16(15)19/h3-4,8-9,14,18H,1-2,5-7,10-13H2. The third kappa shape index (κ3) is 2.97. The van der Waals surface area contributed by atoms with Crippen LogP contribution in [0.15, 0.2) is 24.3 Å².